The number of benzene rings is 1. The summed E-state index contributed by atoms with van der Waals surface area (Å²) in [5.74, 6) is -3.37. The average molecular weight is 281 g/mol. The van der Waals surface area contributed by atoms with Crippen LogP contribution in [0.15, 0.2) is 24.5 Å². The molecule has 0 bridgehead atoms. The van der Waals surface area contributed by atoms with E-state index < -0.39 is 17.4 Å². The standard InChI is InChI=1S/C13H13F2N3O2/c1-17(2)11(20)7-18-6-8(5-16-18)9-3-4-10(19)13(15)12(9)14/h3-6,19H,7H2,1-2H3. The Bertz CT molecular complexity index is 653. The Morgan fingerprint density at radius 3 is 2.70 bits per heavy atom. The first-order chi connectivity index (χ1) is 9.40. The van der Waals surface area contributed by atoms with Crippen LogP contribution in [0, 0.1) is 11.6 Å². The van der Waals surface area contributed by atoms with E-state index in [0.29, 0.717) is 5.56 Å². The summed E-state index contributed by atoms with van der Waals surface area (Å²) in [6.45, 7) is 0.00911. The smallest absolute Gasteiger partial charge is 0.243 e. The number of aromatic hydroxyl groups is 1. The fourth-order valence-electron chi connectivity index (χ4n) is 1.63. The number of halogens is 2. The number of amides is 1. The number of rotatable bonds is 3. The predicted molar refractivity (Wildman–Crippen MR) is 67.9 cm³/mol. The molecule has 0 saturated carbocycles. The molecule has 0 saturated heterocycles. The Morgan fingerprint density at radius 1 is 1.35 bits per heavy atom. The first-order valence-corrected chi connectivity index (χ1v) is 5.80. The molecule has 2 aromatic rings. The fourth-order valence-corrected chi connectivity index (χ4v) is 1.63. The number of hydrogen-bond acceptors (Lipinski definition) is 3. The van der Waals surface area contributed by atoms with E-state index in [1.54, 1.807) is 14.1 Å². The van der Waals surface area contributed by atoms with Gasteiger partial charge in [0.05, 0.1) is 6.20 Å². The third-order valence-electron chi connectivity index (χ3n) is 2.80. The molecule has 0 atom stereocenters. The molecule has 0 fully saturated rings. The molecular formula is C13H13F2N3O2. The number of phenols is 1. The molecule has 7 heteroatoms. The zero-order valence-electron chi connectivity index (χ0n) is 11.0. The molecule has 0 aliphatic rings. The highest BCUT2D eigenvalue weighted by Gasteiger charge is 2.16. The van der Waals surface area contributed by atoms with Crippen molar-refractivity contribution in [3.63, 3.8) is 0 Å². The highest BCUT2D eigenvalue weighted by molar-refractivity contribution is 5.75. The number of aromatic nitrogens is 2. The van der Waals surface area contributed by atoms with Gasteiger partial charge in [-0.05, 0) is 12.1 Å². The van der Waals surface area contributed by atoms with Gasteiger partial charge >= 0.3 is 0 Å². The molecule has 1 amide bonds. The molecular weight excluding hydrogens is 268 g/mol. The lowest BCUT2D eigenvalue weighted by molar-refractivity contribution is -0.129. The van der Waals surface area contributed by atoms with E-state index in [2.05, 4.69) is 5.10 Å². The van der Waals surface area contributed by atoms with E-state index in [9.17, 15) is 13.6 Å². The van der Waals surface area contributed by atoms with Crippen molar-refractivity contribution in [1.82, 2.24) is 14.7 Å². The molecule has 1 aromatic heterocycles. The minimum Gasteiger partial charge on any atom is -0.505 e. The van der Waals surface area contributed by atoms with Crippen LogP contribution in [0.4, 0.5) is 8.78 Å². The zero-order chi connectivity index (χ0) is 14.9. The lowest BCUT2D eigenvalue weighted by atomic mass is 10.1. The predicted octanol–water partition coefficient (Wildman–Crippen LogP) is 1.62. The second kappa shape index (κ2) is 5.28. The summed E-state index contributed by atoms with van der Waals surface area (Å²) in [4.78, 5) is 12.9. The molecule has 20 heavy (non-hydrogen) atoms. The summed E-state index contributed by atoms with van der Waals surface area (Å²) in [5, 5.41) is 13.0. The second-order valence-electron chi connectivity index (χ2n) is 4.47. The van der Waals surface area contributed by atoms with E-state index >= 15 is 0 Å². The largest absolute Gasteiger partial charge is 0.505 e. The molecule has 0 radical (unpaired) electrons. The van der Waals surface area contributed by atoms with Gasteiger partial charge in [0.15, 0.2) is 11.6 Å². The van der Waals surface area contributed by atoms with E-state index in [1.807, 2.05) is 0 Å². The van der Waals surface area contributed by atoms with Gasteiger partial charge in [0.25, 0.3) is 0 Å². The van der Waals surface area contributed by atoms with Crippen molar-refractivity contribution in [3.8, 4) is 16.9 Å². The van der Waals surface area contributed by atoms with Crippen LogP contribution in [0.1, 0.15) is 0 Å². The molecule has 0 spiro atoms. The van der Waals surface area contributed by atoms with Crippen molar-refractivity contribution in [2.24, 2.45) is 0 Å². The number of carbonyl (C=O) groups is 1. The normalized spacial score (nSPS) is 10.6. The minimum absolute atomic E-state index is 0.00911. The average Bonchev–Trinajstić information content (AvgIpc) is 2.84. The van der Waals surface area contributed by atoms with E-state index in [1.165, 1.54) is 28.0 Å². The van der Waals surface area contributed by atoms with Crippen LogP contribution in [-0.4, -0.2) is 39.8 Å². The van der Waals surface area contributed by atoms with Crippen molar-refractivity contribution in [2.75, 3.05) is 14.1 Å². The Hall–Kier alpha value is -2.44. The van der Waals surface area contributed by atoms with Gasteiger partial charge in [-0.2, -0.15) is 9.49 Å². The first kappa shape index (κ1) is 14.0. The summed E-state index contributed by atoms with van der Waals surface area (Å²) < 4.78 is 28.3. The zero-order valence-corrected chi connectivity index (χ0v) is 11.0. The van der Waals surface area contributed by atoms with Crippen molar-refractivity contribution < 1.29 is 18.7 Å². The molecule has 106 valence electrons. The number of hydrogen-bond donors (Lipinski definition) is 1. The third-order valence-corrected chi connectivity index (χ3v) is 2.80. The summed E-state index contributed by atoms with van der Waals surface area (Å²) in [7, 11) is 3.23. The van der Waals surface area contributed by atoms with Gasteiger partial charge in [-0.25, -0.2) is 4.39 Å². The van der Waals surface area contributed by atoms with Crippen molar-refractivity contribution in [3.05, 3.63) is 36.2 Å². The second-order valence-corrected chi connectivity index (χ2v) is 4.47. The van der Waals surface area contributed by atoms with Crippen LogP contribution < -0.4 is 0 Å². The summed E-state index contributed by atoms with van der Waals surface area (Å²) in [6, 6.07) is 2.32. The highest BCUT2D eigenvalue weighted by atomic mass is 19.2. The van der Waals surface area contributed by atoms with Crippen molar-refractivity contribution in [1.29, 1.82) is 0 Å². The molecule has 0 unspecified atom stereocenters. The Balaban J connectivity index is 2.30. The van der Waals surface area contributed by atoms with Gasteiger partial charge in [-0.1, -0.05) is 0 Å². The van der Waals surface area contributed by atoms with E-state index in [4.69, 9.17) is 5.11 Å². The molecule has 0 aliphatic carbocycles. The molecule has 1 aromatic carbocycles. The Kier molecular flexibility index (Phi) is 3.69. The van der Waals surface area contributed by atoms with Gasteiger partial charge in [-0.15, -0.1) is 0 Å². The maximum Gasteiger partial charge on any atom is 0.243 e. The van der Waals surface area contributed by atoms with Crippen LogP contribution in [0.25, 0.3) is 11.1 Å². The molecule has 1 heterocycles. The van der Waals surface area contributed by atoms with Crippen LogP contribution in [0.5, 0.6) is 5.75 Å². The summed E-state index contributed by atoms with van der Waals surface area (Å²) in [5.41, 5.74) is 0.303. The van der Waals surface area contributed by atoms with Crippen molar-refractivity contribution in [2.45, 2.75) is 6.54 Å². The Labute approximate surface area is 114 Å². The maximum atomic E-state index is 13.7. The maximum absolute atomic E-state index is 13.7. The lowest BCUT2D eigenvalue weighted by Crippen LogP contribution is -2.26. The van der Waals surface area contributed by atoms with Crippen LogP contribution in [0.3, 0.4) is 0 Å². The van der Waals surface area contributed by atoms with Crippen molar-refractivity contribution >= 4 is 5.91 Å². The first-order valence-electron chi connectivity index (χ1n) is 5.80. The topological polar surface area (TPSA) is 58.4 Å². The summed E-state index contributed by atoms with van der Waals surface area (Å²) >= 11 is 0. The van der Waals surface area contributed by atoms with Crippen LogP contribution in [0.2, 0.25) is 0 Å². The SMILES string of the molecule is CN(C)C(=O)Cn1cc(-c2ccc(O)c(F)c2F)cn1. The van der Waals surface area contributed by atoms with Gasteiger partial charge < -0.3 is 10.0 Å². The Morgan fingerprint density at radius 2 is 2.05 bits per heavy atom. The van der Waals surface area contributed by atoms with Gasteiger partial charge in [0, 0.05) is 31.4 Å². The van der Waals surface area contributed by atoms with Gasteiger partial charge in [0.1, 0.15) is 6.54 Å². The quantitative estimate of drug-likeness (QED) is 0.930. The molecule has 5 nitrogen and oxygen atoms in total. The summed E-state index contributed by atoms with van der Waals surface area (Å²) in [6.07, 6.45) is 2.77. The number of carbonyl (C=O) groups excluding carboxylic acids is 1. The monoisotopic (exact) mass is 281 g/mol. The number of phenolic OH excluding ortho intramolecular Hbond substituents is 1. The van der Waals surface area contributed by atoms with Gasteiger partial charge in [-0.3, -0.25) is 9.48 Å². The van der Waals surface area contributed by atoms with Gasteiger partial charge in [0.2, 0.25) is 11.7 Å². The number of likely N-dealkylation sites (N-methyl/N-ethyl adjacent to an activating group) is 1. The third kappa shape index (κ3) is 2.61. The van der Waals surface area contributed by atoms with E-state index in [0.717, 1.165) is 6.07 Å². The molecule has 2 rings (SSSR count). The number of nitrogens with zero attached hydrogens (tertiary/aromatic N) is 3. The minimum atomic E-state index is -1.31. The molecule has 1 N–H and O–H groups in total. The van der Waals surface area contributed by atoms with E-state index in [-0.39, 0.29) is 18.0 Å². The fraction of sp³-hybridized carbons (Fsp3) is 0.231. The van der Waals surface area contributed by atoms with Crippen LogP contribution >= 0.6 is 0 Å². The van der Waals surface area contributed by atoms with Crippen LogP contribution in [-0.2, 0) is 11.3 Å². The highest BCUT2D eigenvalue weighted by Crippen LogP contribution is 2.28. The molecule has 0 aliphatic heterocycles. The lowest BCUT2D eigenvalue weighted by Gasteiger charge is -2.09.